The Bertz CT molecular complexity index is 619. The van der Waals surface area contributed by atoms with Crippen molar-refractivity contribution in [2.45, 2.75) is 18.9 Å². The second-order valence-electron chi connectivity index (χ2n) is 6.34. The maximum absolute atomic E-state index is 12.3. The van der Waals surface area contributed by atoms with Gasteiger partial charge in [-0.05, 0) is 32.0 Å². The van der Waals surface area contributed by atoms with E-state index in [-0.39, 0.29) is 23.7 Å². The summed E-state index contributed by atoms with van der Waals surface area (Å²) in [7, 11) is 1.68. The number of benzene rings is 1. The number of nitrogens with one attached hydrogen (secondary N) is 1. The van der Waals surface area contributed by atoms with Crippen LogP contribution < -0.4 is 10.1 Å². The van der Waals surface area contributed by atoms with E-state index in [2.05, 4.69) is 16.3 Å². The highest BCUT2D eigenvalue weighted by atomic mass is 32.2. The van der Waals surface area contributed by atoms with Gasteiger partial charge in [-0.15, -0.1) is 0 Å². The van der Waals surface area contributed by atoms with Gasteiger partial charge in [0.05, 0.1) is 13.2 Å². The number of para-hydroxylation sites is 1. The fraction of sp³-hybridized carbons (Fsp3) is 0.556. The van der Waals surface area contributed by atoms with Gasteiger partial charge in [0, 0.05) is 24.4 Å². The van der Waals surface area contributed by atoms with Crippen molar-refractivity contribution in [3.63, 3.8) is 0 Å². The molecule has 0 spiro atoms. The van der Waals surface area contributed by atoms with Crippen molar-refractivity contribution in [1.82, 2.24) is 15.1 Å². The Hall–Kier alpha value is -1.73. The minimum atomic E-state index is -0.102. The largest absolute Gasteiger partial charge is 0.496 e. The summed E-state index contributed by atoms with van der Waals surface area (Å²) in [6.07, 6.45) is 2.36. The summed E-state index contributed by atoms with van der Waals surface area (Å²) in [6.45, 7) is 3.37. The van der Waals surface area contributed by atoms with Crippen LogP contribution >= 0.6 is 11.8 Å². The molecule has 1 aromatic carbocycles. The minimum absolute atomic E-state index is 0.00373. The number of hydrogen-bond acceptors (Lipinski definition) is 5. The quantitative estimate of drug-likeness (QED) is 0.804. The van der Waals surface area contributed by atoms with Crippen LogP contribution in [0.25, 0.3) is 0 Å². The summed E-state index contributed by atoms with van der Waals surface area (Å²) in [5.41, 5.74) is 1.10. The third-order valence-electron chi connectivity index (χ3n) is 4.75. The minimum Gasteiger partial charge on any atom is -0.496 e. The number of likely N-dealkylation sites (tertiary alicyclic amines) is 1. The van der Waals surface area contributed by atoms with Crippen LogP contribution in [0.4, 0.5) is 4.79 Å². The Morgan fingerprint density at radius 2 is 2.04 bits per heavy atom. The number of rotatable bonds is 7. The Kier molecular flexibility index (Phi) is 6.20. The standard InChI is InChI=1S/C18H25N3O3S/c1-24-16-7-3-2-6-14(16)15(20-8-4-5-9-20)12-19-17(22)13-21-10-11-25-18(21)23/h2-3,6-7,15H,4-5,8-13H2,1H3,(H,19,22). The molecular formula is C18H25N3O3S. The van der Waals surface area contributed by atoms with Crippen molar-refractivity contribution in [2.24, 2.45) is 0 Å². The highest BCUT2D eigenvalue weighted by Crippen LogP contribution is 2.31. The molecule has 1 atom stereocenters. The molecule has 0 saturated carbocycles. The highest BCUT2D eigenvalue weighted by molar-refractivity contribution is 8.13. The van der Waals surface area contributed by atoms with Crippen LogP contribution in [0.3, 0.4) is 0 Å². The first-order valence-corrected chi connectivity index (χ1v) is 9.73. The van der Waals surface area contributed by atoms with Gasteiger partial charge in [-0.3, -0.25) is 14.5 Å². The van der Waals surface area contributed by atoms with Gasteiger partial charge in [-0.25, -0.2) is 0 Å². The lowest BCUT2D eigenvalue weighted by Gasteiger charge is -2.29. The van der Waals surface area contributed by atoms with E-state index < -0.39 is 0 Å². The van der Waals surface area contributed by atoms with Crippen LogP contribution in [-0.4, -0.2) is 66.5 Å². The lowest BCUT2D eigenvalue weighted by molar-refractivity contribution is -0.121. The zero-order chi connectivity index (χ0) is 17.6. The number of carbonyl (C=O) groups is 2. The van der Waals surface area contributed by atoms with Gasteiger partial charge in [0.25, 0.3) is 5.24 Å². The molecule has 0 aliphatic carbocycles. The van der Waals surface area contributed by atoms with Crippen LogP contribution in [0.5, 0.6) is 5.75 Å². The fourth-order valence-corrected chi connectivity index (χ4v) is 4.26. The zero-order valence-corrected chi connectivity index (χ0v) is 15.4. The summed E-state index contributed by atoms with van der Waals surface area (Å²) >= 11 is 1.28. The number of ether oxygens (including phenoxy) is 1. The van der Waals surface area contributed by atoms with Crippen molar-refractivity contribution in [3.05, 3.63) is 29.8 Å². The van der Waals surface area contributed by atoms with E-state index in [9.17, 15) is 9.59 Å². The van der Waals surface area contributed by atoms with Crippen molar-refractivity contribution >= 4 is 22.9 Å². The Labute approximate surface area is 152 Å². The molecule has 1 aromatic rings. The summed E-state index contributed by atoms with van der Waals surface area (Å²) in [5, 5.41) is 3.01. The molecule has 3 rings (SSSR count). The molecule has 136 valence electrons. The van der Waals surface area contributed by atoms with E-state index in [1.54, 1.807) is 12.0 Å². The van der Waals surface area contributed by atoms with Crippen molar-refractivity contribution in [2.75, 3.05) is 45.6 Å². The first-order valence-electron chi connectivity index (χ1n) is 8.74. The summed E-state index contributed by atoms with van der Waals surface area (Å²) < 4.78 is 5.52. The predicted molar refractivity (Wildman–Crippen MR) is 99.0 cm³/mol. The number of methoxy groups -OCH3 is 1. The molecule has 2 fully saturated rings. The van der Waals surface area contributed by atoms with Gasteiger partial charge in [0.2, 0.25) is 5.91 Å². The smallest absolute Gasteiger partial charge is 0.282 e. The summed E-state index contributed by atoms with van der Waals surface area (Å²) in [4.78, 5) is 27.9. The van der Waals surface area contributed by atoms with Crippen LogP contribution in [0.2, 0.25) is 0 Å². The zero-order valence-electron chi connectivity index (χ0n) is 14.6. The van der Waals surface area contributed by atoms with E-state index in [0.29, 0.717) is 13.1 Å². The molecule has 0 radical (unpaired) electrons. The molecule has 2 heterocycles. The first kappa shape index (κ1) is 18.1. The lowest BCUT2D eigenvalue weighted by Crippen LogP contribution is -2.41. The van der Waals surface area contributed by atoms with Crippen molar-refractivity contribution in [1.29, 1.82) is 0 Å². The molecule has 2 saturated heterocycles. The van der Waals surface area contributed by atoms with Crippen LogP contribution in [0.1, 0.15) is 24.4 Å². The molecule has 0 aromatic heterocycles. The van der Waals surface area contributed by atoms with Crippen LogP contribution in [0.15, 0.2) is 24.3 Å². The maximum Gasteiger partial charge on any atom is 0.282 e. The van der Waals surface area contributed by atoms with E-state index in [1.807, 2.05) is 18.2 Å². The maximum atomic E-state index is 12.3. The van der Waals surface area contributed by atoms with E-state index in [0.717, 1.165) is 30.2 Å². The lowest BCUT2D eigenvalue weighted by atomic mass is 10.0. The van der Waals surface area contributed by atoms with Crippen LogP contribution in [0, 0.1) is 0 Å². The number of hydrogen-bond donors (Lipinski definition) is 1. The summed E-state index contributed by atoms with van der Waals surface area (Å²) in [5.74, 6) is 1.51. The fourth-order valence-electron chi connectivity index (χ4n) is 3.44. The highest BCUT2D eigenvalue weighted by Gasteiger charge is 2.27. The molecule has 6 nitrogen and oxygen atoms in total. The topological polar surface area (TPSA) is 61.9 Å². The summed E-state index contributed by atoms with van der Waals surface area (Å²) in [6, 6.07) is 8.07. The first-order chi connectivity index (χ1) is 12.2. The average molecular weight is 363 g/mol. The number of nitrogens with zero attached hydrogens (tertiary/aromatic N) is 2. The normalized spacial score (nSPS) is 19.2. The SMILES string of the molecule is COc1ccccc1C(CNC(=O)CN1CCSC1=O)N1CCCC1. The van der Waals surface area contributed by atoms with E-state index in [1.165, 1.54) is 24.6 Å². The molecule has 0 bridgehead atoms. The monoisotopic (exact) mass is 363 g/mol. The third kappa shape index (κ3) is 4.46. The molecular weight excluding hydrogens is 338 g/mol. The Balaban J connectivity index is 1.65. The van der Waals surface area contributed by atoms with Crippen molar-refractivity contribution < 1.29 is 14.3 Å². The van der Waals surface area contributed by atoms with E-state index >= 15 is 0 Å². The average Bonchev–Trinajstić information content (AvgIpc) is 3.28. The molecule has 25 heavy (non-hydrogen) atoms. The Morgan fingerprint density at radius 1 is 1.28 bits per heavy atom. The number of carbonyl (C=O) groups excluding carboxylic acids is 2. The van der Waals surface area contributed by atoms with Gasteiger partial charge < -0.3 is 15.0 Å². The van der Waals surface area contributed by atoms with Gasteiger partial charge in [-0.1, -0.05) is 30.0 Å². The third-order valence-corrected chi connectivity index (χ3v) is 5.64. The van der Waals surface area contributed by atoms with Crippen molar-refractivity contribution in [3.8, 4) is 5.75 Å². The van der Waals surface area contributed by atoms with Gasteiger partial charge in [-0.2, -0.15) is 0 Å². The van der Waals surface area contributed by atoms with E-state index in [4.69, 9.17) is 4.74 Å². The van der Waals surface area contributed by atoms with Gasteiger partial charge in [0.15, 0.2) is 0 Å². The Morgan fingerprint density at radius 3 is 2.72 bits per heavy atom. The number of thioether (sulfide) groups is 1. The molecule has 7 heteroatoms. The molecule has 2 aliphatic heterocycles. The second kappa shape index (κ2) is 8.58. The van der Waals surface area contributed by atoms with Crippen LogP contribution in [-0.2, 0) is 4.79 Å². The number of amides is 2. The molecule has 1 unspecified atom stereocenters. The molecule has 2 aliphatic rings. The predicted octanol–water partition coefficient (Wildman–Crippen LogP) is 2.12. The second-order valence-corrected chi connectivity index (χ2v) is 7.39. The molecule has 1 N–H and O–H groups in total. The van der Waals surface area contributed by atoms with Gasteiger partial charge in [0.1, 0.15) is 12.3 Å². The van der Waals surface area contributed by atoms with Gasteiger partial charge >= 0.3 is 0 Å². The molecule has 2 amide bonds.